The second-order valence-corrected chi connectivity index (χ2v) is 18.3. The summed E-state index contributed by atoms with van der Waals surface area (Å²) < 4.78 is 9.63. The zero-order valence-electron chi connectivity index (χ0n) is 36.4. The molecule has 2 heterocycles. The predicted octanol–water partition coefficient (Wildman–Crippen LogP) is 17.3. The van der Waals surface area contributed by atoms with E-state index in [4.69, 9.17) is 4.42 Å². The molecule has 0 aliphatic heterocycles. The molecule has 0 fully saturated rings. The van der Waals surface area contributed by atoms with Crippen LogP contribution in [0.15, 0.2) is 241 Å². The van der Waals surface area contributed by atoms with Crippen molar-refractivity contribution in [2.24, 2.45) is 0 Å². The Bertz CT molecular complexity index is 4250. The van der Waals surface area contributed by atoms with Crippen molar-refractivity contribution < 1.29 is 4.42 Å². The molecule has 0 saturated carbocycles. The molecular weight excluding hydrogens is 811 g/mol. The molecule has 67 heavy (non-hydrogen) atoms. The van der Waals surface area contributed by atoms with Crippen LogP contribution in [0.5, 0.6) is 0 Å². The lowest BCUT2D eigenvalue weighted by Gasteiger charge is -2.34. The highest BCUT2D eigenvalue weighted by atomic mass is 16.3. The minimum atomic E-state index is -0.678. The molecular formula is C65H39NO. The van der Waals surface area contributed by atoms with E-state index in [0.717, 1.165) is 33.2 Å². The molecule has 12 aromatic carbocycles. The Morgan fingerprint density at radius 3 is 1.72 bits per heavy atom. The van der Waals surface area contributed by atoms with Crippen molar-refractivity contribution in [1.29, 1.82) is 0 Å². The highest BCUT2D eigenvalue weighted by Crippen LogP contribution is 2.61. The van der Waals surface area contributed by atoms with E-state index in [9.17, 15) is 0 Å². The van der Waals surface area contributed by atoms with Gasteiger partial charge in [-0.15, -0.1) is 0 Å². The van der Waals surface area contributed by atoms with Crippen LogP contribution in [0.3, 0.4) is 0 Å². The molecule has 0 unspecified atom stereocenters. The highest BCUT2D eigenvalue weighted by molar-refractivity contribution is 6.28. The molecule has 2 aromatic heterocycles. The molecule has 14 aromatic rings. The van der Waals surface area contributed by atoms with Crippen LogP contribution < -0.4 is 0 Å². The summed E-state index contributed by atoms with van der Waals surface area (Å²) in [5, 5.41) is 12.4. The first-order valence-corrected chi connectivity index (χ1v) is 23.2. The molecule has 0 saturated heterocycles. The quantitative estimate of drug-likeness (QED) is 0.158. The third-order valence-electron chi connectivity index (χ3n) is 15.0. The van der Waals surface area contributed by atoms with E-state index in [1.165, 1.54) is 104 Å². The number of benzene rings is 12. The van der Waals surface area contributed by atoms with E-state index in [0.29, 0.717) is 0 Å². The van der Waals surface area contributed by atoms with Gasteiger partial charge in [0.05, 0.1) is 16.4 Å². The van der Waals surface area contributed by atoms with E-state index in [-0.39, 0.29) is 0 Å². The Morgan fingerprint density at radius 2 is 0.940 bits per heavy atom. The predicted molar refractivity (Wildman–Crippen MR) is 280 cm³/mol. The third-order valence-corrected chi connectivity index (χ3v) is 15.0. The second-order valence-electron chi connectivity index (χ2n) is 18.3. The van der Waals surface area contributed by atoms with Gasteiger partial charge >= 0.3 is 0 Å². The van der Waals surface area contributed by atoms with Gasteiger partial charge in [-0.2, -0.15) is 0 Å². The van der Waals surface area contributed by atoms with Crippen LogP contribution in [-0.2, 0) is 5.41 Å². The molecule has 0 N–H and O–H groups in total. The molecule has 2 nitrogen and oxygen atoms in total. The lowest BCUT2D eigenvalue weighted by atomic mass is 9.67. The van der Waals surface area contributed by atoms with Crippen molar-refractivity contribution in [3.05, 3.63) is 259 Å². The highest BCUT2D eigenvalue weighted by Gasteiger charge is 2.48. The Balaban J connectivity index is 1.05. The van der Waals surface area contributed by atoms with Crippen molar-refractivity contribution in [2.45, 2.75) is 5.41 Å². The van der Waals surface area contributed by atoms with Crippen molar-refractivity contribution in [3.8, 4) is 39.1 Å². The van der Waals surface area contributed by atoms with Crippen LogP contribution in [0.4, 0.5) is 0 Å². The maximum atomic E-state index is 7.24. The summed E-state index contributed by atoms with van der Waals surface area (Å²) in [6.07, 6.45) is 0. The van der Waals surface area contributed by atoms with Gasteiger partial charge in [0.2, 0.25) is 0 Å². The van der Waals surface area contributed by atoms with Gasteiger partial charge in [-0.05, 0) is 131 Å². The summed E-state index contributed by atoms with van der Waals surface area (Å²) in [6, 6.07) is 87.7. The van der Waals surface area contributed by atoms with Crippen molar-refractivity contribution in [2.75, 3.05) is 0 Å². The number of furan rings is 1. The Hall–Kier alpha value is -8.72. The maximum absolute atomic E-state index is 7.24. The van der Waals surface area contributed by atoms with E-state index < -0.39 is 5.41 Å². The van der Waals surface area contributed by atoms with Crippen LogP contribution in [0, 0.1) is 0 Å². The number of nitrogens with zero attached hydrogens (tertiary/aromatic N) is 1. The lowest BCUT2D eigenvalue weighted by Crippen LogP contribution is -2.28. The molecule has 1 aliphatic carbocycles. The molecule has 0 radical (unpaired) electrons. The molecule has 0 atom stereocenters. The number of para-hydroxylation sites is 3. The topological polar surface area (TPSA) is 18.1 Å². The van der Waals surface area contributed by atoms with Gasteiger partial charge in [0.1, 0.15) is 11.2 Å². The number of hydrogen-bond donors (Lipinski definition) is 0. The van der Waals surface area contributed by atoms with E-state index >= 15 is 0 Å². The average molecular weight is 850 g/mol. The normalized spacial score (nSPS) is 13.2. The van der Waals surface area contributed by atoms with Crippen LogP contribution in [0.2, 0.25) is 0 Å². The molecule has 0 spiro atoms. The standard InChI is InChI=1S/C65H39NO/c1-4-17-45(18-5-1)65(46-19-6-2-7-20-46)55-38-44(43-32-36-58-53(37-43)49-23-10-12-25-57(49)66(58)47-21-8-3-9-22-47)31-35-51(55)63-56(65)39-54(62-52-24-11-13-26-59(52)67-64(62)63)48-33-29-42-28-27-40-15-14-16-41-30-34-50(48)61(42)60(40)41/h1-39H. The van der Waals surface area contributed by atoms with Gasteiger partial charge in [0, 0.05) is 32.8 Å². The van der Waals surface area contributed by atoms with Gasteiger partial charge < -0.3 is 8.98 Å². The Morgan fingerprint density at radius 1 is 0.343 bits per heavy atom. The van der Waals surface area contributed by atoms with Gasteiger partial charge in [-0.25, -0.2) is 0 Å². The van der Waals surface area contributed by atoms with Crippen LogP contribution in [-0.4, -0.2) is 4.57 Å². The minimum absolute atomic E-state index is 0.678. The van der Waals surface area contributed by atoms with Crippen LogP contribution >= 0.6 is 0 Å². The van der Waals surface area contributed by atoms with Crippen LogP contribution in [0.25, 0.3) is 115 Å². The second kappa shape index (κ2) is 13.7. The fourth-order valence-electron chi connectivity index (χ4n) is 12.2. The van der Waals surface area contributed by atoms with Gasteiger partial charge in [0.25, 0.3) is 0 Å². The van der Waals surface area contributed by atoms with Crippen molar-refractivity contribution in [3.63, 3.8) is 0 Å². The number of aromatic nitrogens is 1. The fourth-order valence-corrected chi connectivity index (χ4v) is 12.2. The summed E-state index contributed by atoms with van der Waals surface area (Å²) in [7, 11) is 0. The first kappa shape index (κ1) is 36.6. The van der Waals surface area contributed by atoms with E-state index in [1.807, 2.05) is 0 Å². The molecule has 15 rings (SSSR count). The summed E-state index contributed by atoms with van der Waals surface area (Å²) in [4.78, 5) is 0. The molecule has 0 bridgehead atoms. The lowest BCUT2D eigenvalue weighted by molar-refractivity contribution is 0.669. The van der Waals surface area contributed by atoms with Crippen molar-refractivity contribution >= 4 is 76.1 Å². The smallest absolute Gasteiger partial charge is 0.144 e. The summed E-state index contributed by atoms with van der Waals surface area (Å²) in [5.41, 5.74) is 16.7. The maximum Gasteiger partial charge on any atom is 0.144 e. The SMILES string of the molecule is c1ccc(-n2c3ccccc3c3cc(-c4ccc5c(c4)C(c4ccccc4)(c4ccccc4)c4cc(-c6ccc7ccc8cccc9ccc6c7c89)c6c(oc7ccccc76)c4-5)ccc32)cc1. The molecule has 310 valence electrons. The van der Waals surface area contributed by atoms with Gasteiger partial charge in [0.15, 0.2) is 0 Å². The summed E-state index contributed by atoms with van der Waals surface area (Å²) >= 11 is 0. The minimum Gasteiger partial charge on any atom is -0.455 e. The van der Waals surface area contributed by atoms with E-state index in [2.05, 4.69) is 241 Å². The first-order valence-electron chi connectivity index (χ1n) is 23.2. The van der Waals surface area contributed by atoms with Crippen molar-refractivity contribution in [1.82, 2.24) is 4.57 Å². The Labute approximate surface area is 386 Å². The zero-order chi connectivity index (χ0) is 43.8. The number of rotatable bonds is 5. The molecule has 0 amide bonds. The van der Waals surface area contributed by atoms with E-state index in [1.54, 1.807) is 0 Å². The summed E-state index contributed by atoms with van der Waals surface area (Å²) in [5.74, 6) is 0. The number of fused-ring (bicyclic) bond motifs is 10. The largest absolute Gasteiger partial charge is 0.455 e. The van der Waals surface area contributed by atoms with Gasteiger partial charge in [-0.1, -0.05) is 188 Å². The van der Waals surface area contributed by atoms with Gasteiger partial charge in [-0.3, -0.25) is 0 Å². The summed E-state index contributed by atoms with van der Waals surface area (Å²) in [6.45, 7) is 0. The monoisotopic (exact) mass is 849 g/mol. The zero-order valence-corrected chi connectivity index (χ0v) is 36.4. The first-order chi connectivity index (χ1) is 33.2. The molecule has 1 aliphatic rings. The third kappa shape index (κ3) is 4.94. The molecule has 2 heteroatoms. The van der Waals surface area contributed by atoms with Crippen LogP contribution in [0.1, 0.15) is 22.3 Å². The fraction of sp³-hybridized carbons (Fsp3) is 0.0154. The number of hydrogen-bond acceptors (Lipinski definition) is 1. The Kier molecular flexibility index (Phi) is 7.46. The average Bonchev–Trinajstić information content (AvgIpc) is 4.05.